The summed E-state index contributed by atoms with van der Waals surface area (Å²) in [6, 6.07) is 8.45. The minimum absolute atomic E-state index is 0.306. The number of alkyl halides is 3. The van der Waals surface area contributed by atoms with Crippen LogP contribution in [0, 0.1) is 5.41 Å². The van der Waals surface area contributed by atoms with E-state index in [0.29, 0.717) is 21.2 Å². The normalized spacial score (nSPS) is 15.4. The van der Waals surface area contributed by atoms with Crippen LogP contribution in [0.2, 0.25) is 0 Å². The van der Waals surface area contributed by atoms with Gasteiger partial charge in [0.1, 0.15) is 6.04 Å². The fourth-order valence-electron chi connectivity index (χ4n) is 4.16. The highest BCUT2D eigenvalue weighted by Gasteiger charge is 2.56. The first kappa shape index (κ1) is 28.8. The maximum absolute atomic E-state index is 13.9. The molecule has 10 heteroatoms. The Hall–Kier alpha value is -3.40. The van der Waals surface area contributed by atoms with Gasteiger partial charge in [-0.05, 0) is 23.3 Å². The summed E-state index contributed by atoms with van der Waals surface area (Å²) in [6.07, 6.45) is -5.10. The molecule has 0 fully saturated rings. The van der Waals surface area contributed by atoms with Crippen molar-refractivity contribution in [2.45, 2.75) is 51.1 Å². The number of amides is 1. The topological polar surface area (TPSA) is 93.1 Å². The molecule has 2 aromatic rings. The Morgan fingerprint density at radius 2 is 1.64 bits per heavy atom. The van der Waals surface area contributed by atoms with Crippen LogP contribution in [0.4, 0.5) is 13.2 Å². The lowest BCUT2D eigenvalue weighted by atomic mass is 9.71. The van der Waals surface area contributed by atoms with E-state index < -0.39 is 53.5 Å². The van der Waals surface area contributed by atoms with Gasteiger partial charge in [-0.15, -0.1) is 6.58 Å². The summed E-state index contributed by atoms with van der Waals surface area (Å²) < 4.78 is 51.0. The van der Waals surface area contributed by atoms with Gasteiger partial charge in [-0.25, -0.2) is 9.59 Å². The molecule has 0 heterocycles. The Balaban J connectivity index is 2.79. The van der Waals surface area contributed by atoms with Crippen LogP contribution in [0.15, 0.2) is 55.1 Å². The van der Waals surface area contributed by atoms with E-state index in [1.54, 1.807) is 36.4 Å². The van der Waals surface area contributed by atoms with E-state index in [-0.39, 0.29) is 0 Å². The summed E-state index contributed by atoms with van der Waals surface area (Å²) in [5.41, 5.74) is -3.68. The van der Waals surface area contributed by atoms with Crippen LogP contribution in [-0.2, 0) is 23.9 Å². The monoisotopic (exact) mass is 509 g/mol. The molecule has 196 valence electrons. The second-order valence-electron chi connectivity index (χ2n) is 8.98. The molecule has 0 spiro atoms. The SMILES string of the molecule is C=CC(C)(C)[C@@](O)(C[C@@H](C(=O)OC)N(C(=O)C(F)(F)F)[C@H](C)c1cccc2ccccc12)C(=O)OC. The van der Waals surface area contributed by atoms with E-state index in [4.69, 9.17) is 9.47 Å². The molecule has 36 heavy (non-hydrogen) atoms. The van der Waals surface area contributed by atoms with Crippen LogP contribution in [0.1, 0.15) is 38.8 Å². The van der Waals surface area contributed by atoms with Gasteiger partial charge in [-0.3, -0.25) is 4.79 Å². The third-order valence-corrected chi connectivity index (χ3v) is 6.56. The summed E-state index contributed by atoms with van der Waals surface area (Å²) >= 11 is 0. The Bertz CT molecular complexity index is 1140. The minimum Gasteiger partial charge on any atom is -0.467 e. The summed E-state index contributed by atoms with van der Waals surface area (Å²) in [5.74, 6) is -4.79. The Labute approximate surface area is 207 Å². The van der Waals surface area contributed by atoms with Gasteiger partial charge in [0.2, 0.25) is 0 Å². The van der Waals surface area contributed by atoms with Crippen LogP contribution in [0.25, 0.3) is 10.8 Å². The van der Waals surface area contributed by atoms with Crippen molar-refractivity contribution in [1.82, 2.24) is 4.90 Å². The van der Waals surface area contributed by atoms with Crippen molar-refractivity contribution < 1.29 is 42.1 Å². The number of esters is 2. The maximum Gasteiger partial charge on any atom is 0.471 e. The van der Waals surface area contributed by atoms with Gasteiger partial charge in [-0.1, -0.05) is 62.4 Å². The van der Waals surface area contributed by atoms with Crippen molar-refractivity contribution in [3.8, 4) is 0 Å². The van der Waals surface area contributed by atoms with E-state index in [0.717, 1.165) is 14.2 Å². The number of ether oxygens (including phenoxy) is 2. The average molecular weight is 510 g/mol. The molecule has 3 atom stereocenters. The number of methoxy groups -OCH3 is 2. The zero-order valence-corrected chi connectivity index (χ0v) is 20.8. The van der Waals surface area contributed by atoms with Crippen LogP contribution in [0.3, 0.4) is 0 Å². The maximum atomic E-state index is 13.9. The van der Waals surface area contributed by atoms with Crippen molar-refractivity contribution in [2.24, 2.45) is 5.41 Å². The van der Waals surface area contributed by atoms with Gasteiger partial charge < -0.3 is 19.5 Å². The number of aliphatic hydroxyl groups is 1. The molecule has 0 aliphatic heterocycles. The lowest BCUT2D eigenvalue weighted by Gasteiger charge is -2.43. The molecule has 0 aliphatic carbocycles. The highest BCUT2D eigenvalue weighted by atomic mass is 19.4. The second-order valence-corrected chi connectivity index (χ2v) is 8.98. The number of hydrogen-bond donors (Lipinski definition) is 1. The summed E-state index contributed by atoms with van der Waals surface area (Å²) in [5, 5.41) is 12.7. The van der Waals surface area contributed by atoms with Crippen LogP contribution in [0.5, 0.6) is 0 Å². The zero-order chi connectivity index (χ0) is 27.5. The molecular formula is C26H30F3NO6. The van der Waals surface area contributed by atoms with E-state index >= 15 is 0 Å². The quantitative estimate of drug-likeness (QED) is 0.399. The lowest BCUT2D eigenvalue weighted by molar-refractivity contribution is -0.198. The standard InChI is InChI=1S/C26H30F3NO6/c1-7-24(3,4)25(34,23(33)36-6)15-20(21(31)35-5)30(22(32)26(27,28)29)16(2)18-14-10-12-17-11-8-9-13-19(17)18/h7-14,16,20,34H,1,15H2,2-6H3/t16-,20+,25-/m1/s1. The number of hydrogen-bond acceptors (Lipinski definition) is 6. The van der Waals surface area contributed by atoms with E-state index in [1.165, 1.54) is 32.9 Å². The van der Waals surface area contributed by atoms with Gasteiger partial charge in [0.25, 0.3) is 0 Å². The summed E-state index contributed by atoms with van der Waals surface area (Å²) in [6.45, 7) is 7.71. The smallest absolute Gasteiger partial charge is 0.467 e. The number of benzene rings is 2. The van der Waals surface area contributed by atoms with Gasteiger partial charge in [-0.2, -0.15) is 13.2 Å². The van der Waals surface area contributed by atoms with Crippen molar-refractivity contribution in [3.63, 3.8) is 0 Å². The van der Waals surface area contributed by atoms with E-state index in [2.05, 4.69) is 6.58 Å². The van der Waals surface area contributed by atoms with Gasteiger partial charge >= 0.3 is 24.0 Å². The molecule has 1 amide bonds. The molecule has 0 aliphatic rings. The predicted molar refractivity (Wildman–Crippen MR) is 127 cm³/mol. The largest absolute Gasteiger partial charge is 0.471 e. The number of carbonyl (C=O) groups excluding carboxylic acids is 3. The average Bonchev–Trinajstić information content (AvgIpc) is 2.85. The summed E-state index contributed by atoms with van der Waals surface area (Å²) in [4.78, 5) is 38.7. The van der Waals surface area contributed by atoms with Gasteiger partial charge in [0, 0.05) is 11.8 Å². The Morgan fingerprint density at radius 1 is 1.06 bits per heavy atom. The molecule has 7 nitrogen and oxygen atoms in total. The fourth-order valence-corrected chi connectivity index (χ4v) is 4.16. The van der Waals surface area contributed by atoms with Crippen molar-refractivity contribution in [2.75, 3.05) is 14.2 Å². The second kappa shape index (κ2) is 10.7. The molecule has 1 N–H and O–H groups in total. The lowest BCUT2D eigenvalue weighted by Crippen LogP contribution is -2.59. The molecule has 0 radical (unpaired) electrons. The predicted octanol–water partition coefficient (Wildman–Crippen LogP) is 4.34. The number of carbonyl (C=O) groups is 3. The first-order chi connectivity index (χ1) is 16.7. The molecule has 2 aromatic carbocycles. The highest BCUT2D eigenvalue weighted by molar-refractivity contribution is 5.91. The van der Waals surface area contributed by atoms with Crippen molar-refractivity contribution >= 4 is 28.6 Å². The number of rotatable bonds is 9. The number of fused-ring (bicyclic) bond motifs is 1. The molecular weight excluding hydrogens is 479 g/mol. The van der Waals surface area contributed by atoms with Crippen molar-refractivity contribution in [1.29, 1.82) is 0 Å². The molecule has 0 aromatic heterocycles. The third kappa shape index (κ3) is 5.38. The Kier molecular flexibility index (Phi) is 8.57. The third-order valence-electron chi connectivity index (χ3n) is 6.56. The number of nitrogens with zero attached hydrogens (tertiary/aromatic N) is 1. The molecule has 0 saturated heterocycles. The van der Waals surface area contributed by atoms with E-state index in [9.17, 15) is 32.7 Å². The van der Waals surface area contributed by atoms with Crippen LogP contribution in [-0.4, -0.2) is 59.9 Å². The Morgan fingerprint density at radius 3 is 2.17 bits per heavy atom. The summed E-state index contributed by atoms with van der Waals surface area (Å²) in [7, 11) is 1.92. The molecule has 0 bridgehead atoms. The molecule has 0 saturated carbocycles. The van der Waals surface area contributed by atoms with E-state index in [1.807, 2.05) is 0 Å². The fraction of sp³-hybridized carbons (Fsp3) is 0.423. The highest BCUT2D eigenvalue weighted by Crippen LogP contribution is 2.41. The van der Waals surface area contributed by atoms with Gasteiger partial charge in [0.05, 0.1) is 20.3 Å². The molecule has 0 unspecified atom stereocenters. The first-order valence-corrected chi connectivity index (χ1v) is 11.1. The van der Waals surface area contributed by atoms with Crippen molar-refractivity contribution in [3.05, 3.63) is 60.7 Å². The van der Waals surface area contributed by atoms with Crippen LogP contribution < -0.4 is 0 Å². The molecule has 2 rings (SSSR count). The number of halogens is 3. The van der Waals surface area contributed by atoms with Gasteiger partial charge in [0.15, 0.2) is 5.60 Å². The minimum atomic E-state index is -5.37. The zero-order valence-electron chi connectivity index (χ0n) is 20.8. The van der Waals surface area contributed by atoms with Crippen LogP contribution >= 0.6 is 0 Å². The first-order valence-electron chi connectivity index (χ1n) is 11.1.